The molecule has 0 spiro atoms. The second-order valence-electron chi connectivity index (χ2n) is 4.08. The van der Waals surface area contributed by atoms with Crippen molar-refractivity contribution in [2.45, 2.75) is 33.2 Å². The van der Waals surface area contributed by atoms with E-state index in [1.807, 2.05) is 6.92 Å². The maximum absolute atomic E-state index is 11.7. The number of anilines is 1. The minimum Gasteiger partial charge on any atom is -0.360 e. The summed E-state index contributed by atoms with van der Waals surface area (Å²) < 4.78 is 1.49. The van der Waals surface area contributed by atoms with Crippen LogP contribution in [0, 0.1) is 0 Å². The van der Waals surface area contributed by atoms with Gasteiger partial charge in [0.2, 0.25) is 5.13 Å². The molecule has 0 amide bonds. The summed E-state index contributed by atoms with van der Waals surface area (Å²) in [5, 5.41) is 17.0. The quantitative estimate of drug-likeness (QED) is 0.875. The number of hydrogen-bond donors (Lipinski definition) is 1. The van der Waals surface area contributed by atoms with Gasteiger partial charge in [-0.1, -0.05) is 24.7 Å². The Morgan fingerprint density at radius 2 is 2.16 bits per heavy atom. The predicted molar refractivity (Wildman–Crippen MR) is 76.5 cm³/mol. The molecule has 0 fully saturated rings. The van der Waals surface area contributed by atoms with Crippen LogP contribution < -0.4 is 10.9 Å². The number of nitrogens with one attached hydrogen (secondary N) is 1. The summed E-state index contributed by atoms with van der Waals surface area (Å²) in [6.45, 7) is 5.53. The first-order valence-electron chi connectivity index (χ1n) is 6.40. The van der Waals surface area contributed by atoms with Crippen molar-refractivity contribution in [2.75, 3.05) is 11.9 Å². The van der Waals surface area contributed by atoms with Crippen LogP contribution in [0.2, 0.25) is 0 Å². The van der Waals surface area contributed by atoms with Crippen molar-refractivity contribution in [3.05, 3.63) is 22.5 Å². The molecular weight excluding hydrogens is 262 g/mol. The van der Waals surface area contributed by atoms with Gasteiger partial charge in [-0.05, 0) is 19.4 Å². The predicted octanol–water partition coefficient (Wildman–Crippen LogP) is 1.99. The topological polar surface area (TPSA) is 72.7 Å². The maximum atomic E-state index is 11.7. The average molecular weight is 279 g/mol. The third kappa shape index (κ3) is 3.37. The lowest BCUT2D eigenvalue weighted by Gasteiger charge is -2.03. The van der Waals surface area contributed by atoms with Crippen LogP contribution in [0.4, 0.5) is 5.13 Å². The van der Waals surface area contributed by atoms with E-state index in [0.29, 0.717) is 12.2 Å². The van der Waals surface area contributed by atoms with Crippen LogP contribution in [0.3, 0.4) is 0 Å². The van der Waals surface area contributed by atoms with Crippen LogP contribution in [0.5, 0.6) is 0 Å². The molecule has 0 aliphatic carbocycles. The van der Waals surface area contributed by atoms with E-state index in [9.17, 15) is 4.79 Å². The van der Waals surface area contributed by atoms with Gasteiger partial charge in [0.1, 0.15) is 5.69 Å². The van der Waals surface area contributed by atoms with E-state index in [-0.39, 0.29) is 5.56 Å². The molecule has 0 bridgehead atoms. The van der Waals surface area contributed by atoms with E-state index in [1.165, 1.54) is 22.1 Å². The summed E-state index contributed by atoms with van der Waals surface area (Å²) in [5.41, 5.74) is 0.617. The third-order valence-electron chi connectivity index (χ3n) is 2.56. The summed E-state index contributed by atoms with van der Waals surface area (Å²) in [4.78, 5) is 11.7. The summed E-state index contributed by atoms with van der Waals surface area (Å²) in [6, 6.07) is 3.23. The lowest BCUT2D eigenvalue weighted by atomic mass is 10.3. The monoisotopic (exact) mass is 279 g/mol. The zero-order valence-electron chi connectivity index (χ0n) is 11.1. The minimum atomic E-state index is -0.0754. The molecule has 2 heterocycles. The summed E-state index contributed by atoms with van der Waals surface area (Å²) >= 11 is 1.44. The van der Waals surface area contributed by atoms with Gasteiger partial charge < -0.3 is 5.32 Å². The van der Waals surface area contributed by atoms with E-state index >= 15 is 0 Å². The van der Waals surface area contributed by atoms with Gasteiger partial charge in [0.15, 0.2) is 5.01 Å². The molecule has 2 aromatic heterocycles. The number of aryl methyl sites for hydroxylation is 1. The normalized spacial score (nSPS) is 10.6. The molecule has 0 radical (unpaired) electrons. The van der Waals surface area contributed by atoms with Gasteiger partial charge >= 0.3 is 0 Å². The molecule has 6 nitrogen and oxygen atoms in total. The Kier molecular flexibility index (Phi) is 4.62. The smallest absolute Gasteiger partial charge is 0.266 e. The first kappa shape index (κ1) is 13.7. The third-order valence-corrected chi connectivity index (χ3v) is 3.47. The molecule has 1 N–H and O–H groups in total. The van der Waals surface area contributed by atoms with Crippen molar-refractivity contribution in [1.29, 1.82) is 0 Å². The van der Waals surface area contributed by atoms with Crippen LogP contribution in [0.1, 0.15) is 26.7 Å². The van der Waals surface area contributed by atoms with Crippen LogP contribution >= 0.6 is 11.3 Å². The number of unbranched alkanes of at least 4 members (excludes halogenated alkanes) is 1. The lowest BCUT2D eigenvalue weighted by Crippen LogP contribution is -2.22. The van der Waals surface area contributed by atoms with Gasteiger partial charge in [-0.25, -0.2) is 4.68 Å². The molecule has 0 aliphatic heterocycles. The van der Waals surface area contributed by atoms with Crippen molar-refractivity contribution in [3.63, 3.8) is 0 Å². The molecule has 0 aliphatic rings. The van der Waals surface area contributed by atoms with Crippen molar-refractivity contribution in [2.24, 2.45) is 0 Å². The standard InChI is InChI=1S/C12H17N5OS/c1-3-5-8-17-10(18)7-6-9(16-17)11-14-15-12(19-11)13-4-2/h6-7H,3-5,8H2,1-2H3,(H,13,15). The molecule has 19 heavy (non-hydrogen) atoms. The second kappa shape index (κ2) is 6.42. The highest BCUT2D eigenvalue weighted by Gasteiger charge is 2.09. The fraction of sp³-hybridized carbons (Fsp3) is 0.500. The van der Waals surface area contributed by atoms with E-state index in [4.69, 9.17) is 0 Å². The van der Waals surface area contributed by atoms with Crippen molar-refractivity contribution in [3.8, 4) is 10.7 Å². The number of rotatable bonds is 6. The molecule has 0 saturated carbocycles. The lowest BCUT2D eigenvalue weighted by molar-refractivity contribution is 0.545. The summed E-state index contributed by atoms with van der Waals surface area (Å²) in [5.74, 6) is 0. The van der Waals surface area contributed by atoms with Crippen molar-refractivity contribution in [1.82, 2.24) is 20.0 Å². The van der Waals surface area contributed by atoms with E-state index in [0.717, 1.165) is 29.5 Å². The van der Waals surface area contributed by atoms with E-state index in [2.05, 4.69) is 27.5 Å². The Labute approximate surface area is 115 Å². The largest absolute Gasteiger partial charge is 0.360 e. The minimum absolute atomic E-state index is 0.0754. The fourth-order valence-corrected chi connectivity index (χ4v) is 2.36. The van der Waals surface area contributed by atoms with E-state index in [1.54, 1.807) is 6.07 Å². The van der Waals surface area contributed by atoms with Gasteiger partial charge in [0.05, 0.1) is 0 Å². The summed E-state index contributed by atoms with van der Waals surface area (Å²) in [6.07, 6.45) is 1.97. The van der Waals surface area contributed by atoms with Gasteiger partial charge in [0, 0.05) is 19.2 Å². The van der Waals surface area contributed by atoms with Crippen LogP contribution in [0.15, 0.2) is 16.9 Å². The Balaban J connectivity index is 2.25. The van der Waals surface area contributed by atoms with Crippen molar-refractivity contribution < 1.29 is 0 Å². The van der Waals surface area contributed by atoms with Gasteiger partial charge in [0.25, 0.3) is 5.56 Å². The molecule has 0 saturated heterocycles. The first-order valence-corrected chi connectivity index (χ1v) is 7.22. The highest BCUT2D eigenvalue weighted by molar-refractivity contribution is 7.18. The molecule has 0 atom stereocenters. The molecule has 0 aromatic carbocycles. The van der Waals surface area contributed by atoms with Crippen LogP contribution in [-0.4, -0.2) is 26.5 Å². The highest BCUT2D eigenvalue weighted by Crippen LogP contribution is 2.23. The summed E-state index contributed by atoms with van der Waals surface area (Å²) in [7, 11) is 0. The Morgan fingerprint density at radius 1 is 1.32 bits per heavy atom. The van der Waals surface area contributed by atoms with E-state index < -0.39 is 0 Å². The SMILES string of the molecule is CCCCn1nc(-c2nnc(NCC)s2)ccc1=O. The van der Waals surface area contributed by atoms with Gasteiger partial charge in [-0.2, -0.15) is 5.10 Å². The van der Waals surface area contributed by atoms with Crippen molar-refractivity contribution >= 4 is 16.5 Å². The number of hydrogen-bond acceptors (Lipinski definition) is 6. The van der Waals surface area contributed by atoms with Crippen LogP contribution in [0.25, 0.3) is 10.7 Å². The molecule has 7 heteroatoms. The Hall–Kier alpha value is -1.76. The fourth-order valence-electron chi connectivity index (χ4n) is 1.58. The number of aromatic nitrogens is 4. The molecule has 0 unspecified atom stereocenters. The Bertz CT molecular complexity index is 592. The van der Waals surface area contributed by atoms with Crippen LogP contribution in [-0.2, 0) is 6.54 Å². The van der Waals surface area contributed by atoms with Gasteiger partial charge in [-0.3, -0.25) is 4.79 Å². The molecule has 2 rings (SSSR count). The zero-order chi connectivity index (χ0) is 13.7. The second-order valence-corrected chi connectivity index (χ2v) is 5.05. The first-order chi connectivity index (χ1) is 9.24. The molecular formula is C12H17N5OS. The molecule has 102 valence electrons. The number of nitrogens with zero attached hydrogens (tertiary/aromatic N) is 4. The highest BCUT2D eigenvalue weighted by atomic mass is 32.1. The zero-order valence-corrected chi connectivity index (χ0v) is 11.9. The average Bonchev–Trinajstić information content (AvgIpc) is 2.87. The molecule has 2 aromatic rings. The Morgan fingerprint density at radius 3 is 2.89 bits per heavy atom. The van der Waals surface area contributed by atoms with Gasteiger partial charge in [-0.15, -0.1) is 10.2 Å². The maximum Gasteiger partial charge on any atom is 0.266 e.